The first-order valence-corrected chi connectivity index (χ1v) is 8.34. The highest BCUT2D eigenvalue weighted by molar-refractivity contribution is 6.30. The predicted octanol–water partition coefficient (Wildman–Crippen LogP) is 2.84. The molecule has 0 saturated carbocycles. The van der Waals surface area contributed by atoms with Crippen molar-refractivity contribution >= 4 is 23.2 Å². The summed E-state index contributed by atoms with van der Waals surface area (Å²) in [6.07, 6.45) is 8.05. The van der Waals surface area contributed by atoms with Gasteiger partial charge in [-0.2, -0.15) is 0 Å². The van der Waals surface area contributed by atoms with Crippen molar-refractivity contribution < 1.29 is 4.39 Å². The van der Waals surface area contributed by atoms with Crippen molar-refractivity contribution in [2.75, 3.05) is 0 Å². The van der Waals surface area contributed by atoms with Gasteiger partial charge in [-0.3, -0.25) is 14.3 Å². The van der Waals surface area contributed by atoms with Gasteiger partial charge in [-0.1, -0.05) is 29.1 Å². The van der Waals surface area contributed by atoms with E-state index in [2.05, 4.69) is 15.9 Å². The second kappa shape index (κ2) is 7.35. The highest BCUT2D eigenvalue weighted by Gasteiger charge is 2.20. The summed E-state index contributed by atoms with van der Waals surface area (Å²) in [6.45, 7) is 1.47. The van der Waals surface area contributed by atoms with E-state index >= 15 is 0 Å². The van der Waals surface area contributed by atoms with E-state index in [0.717, 1.165) is 10.6 Å². The van der Waals surface area contributed by atoms with E-state index in [1.54, 1.807) is 6.92 Å². The minimum absolute atomic E-state index is 0.0618. The Bertz CT molecular complexity index is 1210. The predicted molar refractivity (Wildman–Crippen MR) is 101 cm³/mol. The lowest BCUT2D eigenvalue weighted by Gasteiger charge is -2.15. The number of halogens is 3. The average Bonchev–Trinajstić information content (AvgIpc) is 2.62. The molecule has 3 rings (SSSR count). The van der Waals surface area contributed by atoms with Crippen LogP contribution in [0.25, 0.3) is 16.9 Å². The third kappa shape index (κ3) is 3.37. The van der Waals surface area contributed by atoms with E-state index in [1.807, 2.05) is 0 Å². The van der Waals surface area contributed by atoms with Crippen molar-refractivity contribution in [2.24, 2.45) is 0 Å². The molecule has 3 heterocycles. The number of pyridine rings is 2. The molecule has 136 valence electrons. The van der Waals surface area contributed by atoms with E-state index in [9.17, 15) is 14.0 Å². The van der Waals surface area contributed by atoms with Gasteiger partial charge in [-0.05, 0) is 25.1 Å². The van der Waals surface area contributed by atoms with Gasteiger partial charge in [0.15, 0.2) is 11.0 Å². The molecule has 6 nitrogen and oxygen atoms in total. The first-order valence-electron chi connectivity index (χ1n) is 7.58. The fourth-order valence-electron chi connectivity index (χ4n) is 2.63. The average molecular weight is 405 g/mol. The van der Waals surface area contributed by atoms with Gasteiger partial charge in [0.2, 0.25) is 0 Å². The van der Waals surface area contributed by atoms with Crippen LogP contribution in [-0.4, -0.2) is 19.1 Å². The molecular weight excluding hydrogens is 394 g/mol. The zero-order valence-corrected chi connectivity index (χ0v) is 15.4. The molecule has 0 atom stereocenters. The summed E-state index contributed by atoms with van der Waals surface area (Å²) in [5.74, 6) is 1.65. The summed E-state index contributed by atoms with van der Waals surface area (Å²) in [5.41, 5.74) is -0.714. The minimum Gasteiger partial charge on any atom is -0.285 e. The Morgan fingerprint density at radius 2 is 2.00 bits per heavy atom. The minimum atomic E-state index is -0.727. The van der Waals surface area contributed by atoms with Gasteiger partial charge in [0, 0.05) is 11.9 Å². The van der Waals surface area contributed by atoms with Gasteiger partial charge in [-0.25, -0.2) is 18.7 Å². The monoisotopic (exact) mass is 404 g/mol. The molecular formula is C18H11Cl2FN4O2. The SMILES string of the molecule is C#CCn1c(C)c(-c2ccc(F)c(Cl)n2)c(=O)n(-c2cncc(Cl)c2)c1=O. The third-order valence-electron chi connectivity index (χ3n) is 3.86. The Morgan fingerprint density at radius 3 is 2.63 bits per heavy atom. The van der Waals surface area contributed by atoms with Crippen LogP contribution in [0.2, 0.25) is 10.2 Å². The van der Waals surface area contributed by atoms with Crippen LogP contribution in [0.5, 0.6) is 0 Å². The van der Waals surface area contributed by atoms with Crippen LogP contribution in [0.3, 0.4) is 0 Å². The smallest absolute Gasteiger partial charge is 0.285 e. The summed E-state index contributed by atoms with van der Waals surface area (Å²) in [6, 6.07) is 3.81. The van der Waals surface area contributed by atoms with Crippen LogP contribution in [-0.2, 0) is 6.54 Å². The van der Waals surface area contributed by atoms with Gasteiger partial charge in [0.25, 0.3) is 5.56 Å². The summed E-state index contributed by atoms with van der Waals surface area (Å²) < 4.78 is 15.6. The van der Waals surface area contributed by atoms with Gasteiger partial charge in [-0.15, -0.1) is 6.42 Å². The molecule has 9 heteroatoms. The fraction of sp³-hybridized carbons (Fsp3) is 0.111. The second-order valence-electron chi connectivity index (χ2n) is 5.50. The molecule has 0 aromatic carbocycles. The number of hydrogen-bond donors (Lipinski definition) is 0. The maximum Gasteiger partial charge on any atom is 0.336 e. The molecule has 0 fully saturated rings. The van der Waals surface area contributed by atoms with Crippen LogP contribution in [0, 0.1) is 25.1 Å². The molecule has 0 aliphatic rings. The Balaban J connectivity index is 2.44. The number of rotatable bonds is 3. The normalized spacial score (nSPS) is 10.6. The van der Waals surface area contributed by atoms with Crippen LogP contribution in [0.4, 0.5) is 4.39 Å². The van der Waals surface area contributed by atoms with Crippen molar-refractivity contribution in [3.8, 4) is 29.3 Å². The van der Waals surface area contributed by atoms with Gasteiger partial charge in [0.05, 0.1) is 34.7 Å². The Kier molecular flexibility index (Phi) is 5.13. The molecule has 0 aliphatic carbocycles. The van der Waals surface area contributed by atoms with Crippen molar-refractivity contribution in [2.45, 2.75) is 13.5 Å². The number of nitrogens with zero attached hydrogens (tertiary/aromatic N) is 4. The number of hydrogen-bond acceptors (Lipinski definition) is 4. The van der Waals surface area contributed by atoms with Gasteiger partial charge in [0.1, 0.15) is 0 Å². The van der Waals surface area contributed by atoms with Crippen LogP contribution in [0.15, 0.2) is 40.2 Å². The molecule has 0 spiro atoms. The Hall–Kier alpha value is -2.95. The molecule has 27 heavy (non-hydrogen) atoms. The highest BCUT2D eigenvalue weighted by Crippen LogP contribution is 2.21. The van der Waals surface area contributed by atoms with E-state index in [4.69, 9.17) is 29.6 Å². The largest absolute Gasteiger partial charge is 0.336 e. The zero-order chi connectivity index (χ0) is 19.7. The first-order chi connectivity index (χ1) is 12.8. The van der Waals surface area contributed by atoms with Crippen molar-refractivity contribution in [1.82, 2.24) is 19.1 Å². The van der Waals surface area contributed by atoms with Crippen molar-refractivity contribution in [3.63, 3.8) is 0 Å². The standard InChI is InChI=1S/C18H11Cl2FN4O2/c1-3-6-24-10(2)15(14-5-4-13(21)16(20)23-14)17(26)25(18(24)27)12-7-11(19)8-22-9-12/h1,4-5,7-9H,6H2,2H3. The Morgan fingerprint density at radius 1 is 1.26 bits per heavy atom. The highest BCUT2D eigenvalue weighted by atomic mass is 35.5. The molecule has 0 N–H and O–H groups in total. The summed E-state index contributed by atoms with van der Waals surface area (Å²) in [7, 11) is 0. The molecule has 3 aromatic heterocycles. The number of aromatic nitrogens is 4. The molecule has 0 unspecified atom stereocenters. The second-order valence-corrected chi connectivity index (χ2v) is 6.30. The topological polar surface area (TPSA) is 69.8 Å². The van der Waals surface area contributed by atoms with E-state index in [0.29, 0.717) is 0 Å². The Labute approximate surface area is 162 Å². The van der Waals surface area contributed by atoms with Gasteiger partial charge >= 0.3 is 5.69 Å². The maximum atomic E-state index is 13.5. The lowest BCUT2D eigenvalue weighted by molar-refractivity contribution is 0.622. The molecule has 0 saturated heterocycles. The molecule has 3 aromatic rings. The molecule has 0 radical (unpaired) electrons. The fourth-order valence-corrected chi connectivity index (χ4v) is 2.95. The van der Waals surface area contributed by atoms with Crippen LogP contribution >= 0.6 is 23.2 Å². The van der Waals surface area contributed by atoms with E-state index in [-0.39, 0.29) is 34.2 Å². The summed E-state index contributed by atoms with van der Waals surface area (Å²) in [4.78, 5) is 33.8. The lowest BCUT2D eigenvalue weighted by atomic mass is 10.1. The third-order valence-corrected chi connectivity index (χ3v) is 4.33. The molecule has 0 bridgehead atoms. The van der Waals surface area contributed by atoms with Crippen molar-refractivity contribution in [1.29, 1.82) is 0 Å². The summed E-state index contributed by atoms with van der Waals surface area (Å²) >= 11 is 11.7. The molecule has 0 aliphatic heterocycles. The van der Waals surface area contributed by atoms with Crippen molar-refractivity contribution in [3.05, 3.63) is 73.1 Å². The lowest BCUT2D eigenvalue weighted by Crippen LogP contribution is -2.41. The van der Waals surface area contributed by atoms with E-state index in [1.165, 1.54) is 29.1 Å². The van der Waals surface area contributed by atoms with Crippen LogP contribution < -0.4 is 11.2 Å². The summed E-state index contributed by atoms with van der Waals surface area (Å²) in [5, 5.41) is -0.149. The number of terminal acetylenes is 1. The zero-order valence-electron chi connectivity index (χ0n) is 13.9. The van der Waals surface area contributed by atoms with Gasteiger partial charge < -0.3 is 0 Å². The first kappa shape index (κ1) is 18.8. The maximum absolute atomic E-state index is 13.5. The van der Waals surface area contributed by atoms with Crippen LogP contribution in [0.1, 0.15) is 5.69 Å². The molecule has 0 amide bonds. The van der Waals surface area contributed by atoms with E-state index < -0.39 is 22.2 Å². The quantitative estimate of drug-likeness (QED) is 0.497.